The van der Waals surface area contributed by atoms with Crippen molar-refractivity contribution in [3.63, 3.8) is 0 Å². The third kappa shape index (κ3) is 40.5. The molecular weight excluding hydrogens is 972 g/mol. The Morgan fingerprint density at radius 1 is 0.642 bits per heavy atom. The van der Waals surface area contributed by atoms with Gasteiger partial charge in [0.25, 0.3) is 0 Å². The molecule has 5 rings (SSSR count). The van der Waals surface area contributed by atoms with E-state index in [2.05, 4.69) is 47.8 Å². The molecule has 3 N–H and O–H groups in total. The van der Waals surface area contributed by atoms with E-state index in [1.165, 1.54) is 45.1 Å². The molecule has 1 saturated heterocycles. The summed E-state index contributed by atoms with van der Waals surface area (Å²) in [6.45, 7) is 9.32. The minimum atomic E-state index is -3.11. The number of ether oxygens (including phenoxy) is 2. The largest absolute Gasteiger partial charge is 2.00 e. The summed E-state index contributed by atoms with van der Waals surface area (Å²) in [6, 6.07) is 43.3. The van der Waals surface area contributed by atoms with Crippen LogP contribution >= 0.6 is 32.9 Å². The summed E-state index contributed by atoms with van der Waals surface area (Å²) in [4.78, 5) is 0. The van der Waals surface area contributed by atoms with Gasteiger partial charge in [0.1, 0.15) is 0 Å². The van der Waals surface area contributed by atoms with Crippen molar-refractivity contribution in [1.82, 2.24) is 20.7 Å². The Bertz CT molecular complexity index is 1660. The van der Waals surface area contributed by atoms with Gasteiger partial charge in [-0.2, -0.15) is 47.4 Å². The molecule has 1 heterocycles. The van der Waals surface area contributed by atoms with Gasteiger partial charge in [-0.1, -0.05) is 105 Å². The Kier molecular flexibility index (Phi) is 54.3. The topological polar surface area (TPSA) is 181 Å². The molecule has 5 unspecified atom stereocenters. The van der Waals surface area contributed by atoms with E-state index in [1.54, 1.807) is 33.1 Å². The van der Waals surface area contributed by atoms with Crippen molar-refractivity contribution in [2.75, 3.05) is 70.0 Å². The number of nitrogens with one attached hydrogen (secondary N) is 3. The van der Waals surface area contributed by atoms with Crippen LogP contribution in [0.3, 0.4) is 0 Å². The molecule has 1 fully saturated rings. The van der Waals surface area contributed by atoms with E-state index in [0.29, 0.717) is 12.6 Å². The van der Waals surface area contributed by atoms with Gasteiger partial charge in [-0.05, 0) is 56.2 Å². The minimum Gasteiger partial charge on any atom is -1.00 e. The molecule has 0 aliphatic carbocycles. The Balaban J connectivity index is -0.000000234. The number of halogens is 1. The average Bonchev–Trinajstić information content (AvgIpc) is 4.08. The molecular formula is C45H75ClMgN4O12P4. The molecule has 376 valence electrons. The molecule has 0 saturated carbocycles. The van der Waals surface area contributed by atoms with Crippen LogP contribution in [0.25, 0.3) is 0 Å². The van der Waals surface area contributed by atoms with E-state index in [-0.39, 0.29) is 78.3 Å². The quantitative estimate of drug-likeness (QED) is 0.0272. The van der Waals surface area contributed by atoms with Crippen LogP contribution in [0.5, 0.6) is 0 Å². The monoisotopic (exact) mass is 1050 g/mol. The Morgan fingerprint density at radius 3 is 1.24 bits per heavy atom. The SMILES string of the molecule is C.CC(Cc1ccccc1)NOP=O.CC(Cc1ccccc1)NOP=O.COC.COC.COP(=O)(NCC(C)c1ccccc1)OC.COP(=O)(OC)N1CC1C.[Cl-].[Mg+2].[c-]1ccccc1. The van der Waals surface area contributed by atoms with Crippen molar-refractivity contribution >= 4 is 55.9 Å². The van der Waals surface area contributed by atoms with Gasteiger partial charge in [-0.15, -0.1) is 0 Å². The van der Waals surface area contributed by atoms with Gasteiger partial charge in [-0.25, -0.2) is 37.3 Å². The molecule has 0 spiro atoms. The van der Waals surface area contributed by atoms with Gasteiger partial charge in [-0.3, -0.25) is 9.05 Å². The summed E-state index contributed by atoms with van der Waals surface area (Å²) in [5.41, 5.74) is 8.96. The van der Waals surface area contributed by atoms with E-state index < -0.39 is 15.5 Å². The zero-order chi connectivity index (χ0) is 48.5. The molecule has 4 aromatic carbocycles. The predicted octanol–water partition coefficient (Wildman–Crippen LogP) is 7.83. The molecule has 1 aliphatic rings. The van der Waals surface area contributed by atoms with E-state index in [1.807, 2.05) is 142 Å². The Morgan fingerprint density at radius 2 is 0.985 bits per heavy atom. The van der Waals surface area contributed by atoms with Crippen LogP contribution < -0.4 is 28.5 Å². The number of benzene rings is 4. The number of nitrogens with zero attached hydrogens (tertiary/aromatic N) is 1. The van der Waals surface area contributed by atoms with Gasteiger partial charge in [0.05, 0.1) is 0 Å². The van der Waals surface area contributed by atoms with Crippen molar-refractivity contribution < 1.29 is 67.5 Å². The van der Waals surface area contributed by atoms with Crippen LogP contribution in [0.15, 0.2) is 121 Å². The molecule has 0 aromatic heterocycles. The summed E-state index contributed by atoms with van der Waals surface area (Å²) >= 11 is 0. The van der Waals surface area contributed by atoms with Gasteiger partial charge in [0, 0.05) is 88.1 Å². The van der Waals surface area contributed by atoms with Gasteiger partial charge in [0.15, 0.2) is 0 Å². The molecule has 0 bridgehead atoms. The number of methoxy groups -OCH3 is 2. The number of hydroxylamine groups is 2. The van der Waals surface area contributed by atoms with Crippen LogP contribution in [0.4, 0.5) is 0 Å². The maximum Gasteiger partial charge on any atom is 2.00 e. The molecule has 4 aromatic rings. The summed E-state index contributed by atoms with van der Waals surface area (Å²) < 4.78 is 81.4. The second kappa shape index (κ2) is 49.1. The number of rotatable bonds is 19. The second-order valence-electron chi connectivity index (χ2n) is 13.5. The first-order valence-corrected chi connectivity index (χ1v) is 24.5. The molecule has 67 heavy (non-hydrogen) atoms. The first-order chi connectivity index (χ1) is 30.7. The third-order valence-electron chi connectivity index (χ3n) is 8.00. The molecule has 5 atom stereocenters. The number of hydrogen-bond donors (Lipinski definition) is 3. The average molecular weight is 1050 g/mol. The second-order valence-corrected chi connectivity index (χ2v) is 18.4. The zero-order valence-electron chi connectivity index (χ0n) is 40.4. The summed E-state index contributed by atoms with van der Waals surface area (Å²) in [7, 11) is 5.39. The van der Waals surface area contributed by atoms with Crippen LogP contribution in [0.2, 0.25) is 0 Å². The standard InChI is InChI=1S/C11H18NO3P.2C9H12NO2P.C6H5.C5H12NO3P.2C2H6O.CH4.ClH.Mg/c1-10(11-7-5-4-6-8-11)9-12-16(13,14-2)15-3;2*1-8(10-12-13-11)7-9-5-3-2-4-6-9;1-2-4-6-5-3-1;1-5-4-6(5)10(7,8-2)9-3;2*1-3-2;;;/h4-8,10H,9H2,1-3H3,(H,12,13);2*2-6,8,10H,7H2,1H3;1-5H;5H,4H2,1-3H3;2*1-2H3;1H4;1H;/q;;;-1;;;;;;+2/p-1. The summed E-state index contributed by atoms with van der Waals surface area (Å²) in [5.74, 6) is 0.250. The Labute approximate surface area is 427 Å². The molecule has 16 nitrogen and oxygen atoms in total. The first-order valence-electron chi connectivity index (χ1n) is 20.0. The normalized spacial score (nSPS) is 14.4. The maximum atomic E-state index is 11.7. The van der Waals surface area contributed by atoms with Gasteiger partial charge < -0.3 is 30.9 Å². The molecule has 0 radical (unpaired) electrons. The number of hydrogen-bond acceptors (Lipinski definition) is 14. The van der Waals surface area contributed by atoms with Crippen molar-refractivity contribution in [3.05, 3.63) is 144 Å². The fraction of sp³-hybridized carbons (Fsp3) is 0.467. The van der Waals surface area contributed by atoms with E-state index >= 15 is 0 Å². The minimum absolute atomic E-state index is 0. The van der Waals surface area contributed by atoms with Gasteiger partial charge >= 0.3 is 55.9 Å². The van der Waals surface area contributed by atoms with Crippen molar-refractivity contribution in [2.24, 2.45) is 0 Å². The molecule has 1 aliphatic heterocycles. The summed E-state index contributed by atoms with van der Waals surface area (Å²) in [5, 5.41) is 2.80. The van der Waals surface area contributed by atoms with Crippen LogP contribution in [-0.2, 0) is 67.9 Å². The van der Waals surface area contributed by atoms with E-state index in [9.17, 15) is 18.3 Å². The Hall–Kier alpha value is -1.88. The molecule has 0 amide bonds. The van der Waals surface area contributed by atoms with Crippen LogP contribution in [0, 0.1) is 6.07 Å². The van der Waals surface area contributed by atoms with Crippen molar-refractivity contribution in [2.45, 2.75) is 72.0 Å². The maximum absolute atomic E-state index is 11.7. The van der Waals surface area contributed by atoms with E-state index in [4.69, 9.17) is 18.1 Å². The first kappa shape index (κ1) is 74.1. The van der Waals surface area contributed by atoms with Crippen LogP contribution in [-0.4, -0.2) is 116 Å². The smallest absolute Gasteiger partial charge is 1.00 e. The van der Waals surface area contributed by atoms with Crippen LogP contribution in [0.1, 0.15) is 57.7 Å². The van der Waals surface area contributed by atoms with Crippen molar-refractivity contribution in [3.8, 4) is 0 Å². The van der Waals surface area contributed by atoms with Crippen molar-refractivity contribution in [1.29, 1.82) is 0 Å². The fourth-order valence-electron chi connectivity index (χ4n) is 4.78. The van der Waals surface area contributed by atoms with Gasteiger partial charge in [0.2, 0.25) is 0 Å². The zero-order valence-corrected chi connectivity index (χ0v) is 46.2. The van der Waals surface area contributed by atoms with E-state index in [0.717, 1.165) is 19.4 Å². The third-order valence-corrected chi connectivity index (χ3v) is 12.0. The summed E-state index contributed by atoms with van der Waals surface area (Å²) in [6.07, 6.45) is 1.72. The molecule has 22 heteroatoms. The predicted molar refractivity (Wildman–Crippen MR) is 269 cm³/mol. The fourth-order valence-corrected chi connectivity index (χ4v) is 7.62.